The van der Waals surface area contributed by atoms with E-state index in [0.717, 1.165) is 0 Å². The van der Waals surface area contributed by atoms with Crippen molar-refractivity contribution >= 4 is 5.96 Å². The Morgan fingerprint density at radius 2 is 2.17 bits per heavy atom. The molecule has 0 radical (unpaired) electrons. The van der Waals surface area contributed by atoms with Crippen molar-refractivity contribution in [1.82, 2.24) is 4.90 Å². The molecule has 9 heteroatoms. The van der Waals surface area contributed by atoms with Crippen molar-refractivity contribution in [3.63, 3.8) is 0 Å². The average molecular weight is 343 g/mol. The number of fused-ring (bicyclic) bond motifs is 1. The molecule has 1 aromatic rings. The molecule has 1 fully saturated rings. The zero-order chi connectivity index (χ0) is 17.1. The molecule has 2 heterocycles. The number of halogens is 2. The van der Waals surface area contributed by atoms with E-state index in [1.807, 2.05) is 11.8 Å². The molecule has 1 atom stereocenters. The number of nitrogens with two attached hydrogens (primary N) is 1. The van der Waals surface area contributed by atoms with Gasteiger partial charge in [0.25, 0.3) is 0 Å². The summed E-state index contributed by atoms with van der Waals surface area (Å²) < 4.78 is 45.7. The smallest absolute Gasteiger partial charge is 0.387 e. The molecule has 132 valence electrons. The van der Waals surface area contributed by atoms with E-state index < -0.39 is 6.61 Å². The van der Waals surface area contributed by atoms with Crippen LogP contribution in [0.4, 0.5) is 8.78 Å². The highest BCUT2D eigenvalue weighted by Crippen LogP contribution is 2.39. The minimum Gasteiger partial charge on any atom is -0.454 e. The maximum Gasteiger partial charge on any atom is 0.387 e. The van der Waals surface area contributed by atoms with Gasteiger partial charge in [0.1, 0.15) is 5.75 Å². The third kappa shape index (κ3) is 3.78. The second kappa shape index (κ2) is 7.08. The van der Waals surface area contributed by atoms with Gasteiger partial charge in [0.2, 0.25) is 6.79 Å². The minimum absolute atomic E-state index is 0.00106. The van der Waals surface area contributed by atoms with E-state index >= 15 is 0 Å². The van der Waals surface area contributed by atoms with Crippen LogP contribution in [0.25, 0.3) is 0 Å². The number of ether oxygens (including phenoxy) is 4. The first-order chi connectivity index (χ1) is 11.5. The van der Waals surface area contributed by atoms with Gasteiger partial charge in [0.05, 0.1) is 19.3 Å². The number of guanidine groups is 1. The summed E-state index contributed by atoms with van der Waals surface area (Å²) in [6.45, 7) is 0.997. The Bertz CT molecular complexity index is 627. The van der Waals surface area contributed by atoms with Crippen LogP contribution in [-0.2, 0) is 11.3 Å². The summed E-state index contributed by atoms with van der Waals surface area (Å²) in [7, 11) is 0. The maximum absolute atomic E-state index is 12.6. The molecule has 1 saturated heterocycles. The van der Waals surface area contributed by atoms with Crippen LogP contribution in [0, 0.1) is 0 Å². The van der Waals surface area contributed by atoms with Crippen molar-refractivity contribution in [1.29, 1.82) is 0 Å². The van der Waals surface area contributed by atoms with Gasteiger partial charge in [-0.3, -0.25) is 0 Å². The second-order valence-electron chi connectivity index (χ2n) is 5.49. The lowest BCUT2D eigenvalue weighted by atomic mass is 10.1. The van der Waals surface area contributed by atoms with Crippen molar-refractivity contribution in [2.24, 2.45) is 10.7 Å². The lowest BCUT2D eigenvalue weighted by Crippen LogP contribution is -2.47. The van der Waals surface area contributed by atoms with Crippen LogP contribution < -0.4 is 19.9 Å². The molecule has 24 heavy (non-hydrogen) atoms. The number of benzene rings is 1. The number of hydrogen-bond donors (Lipinski definition) is 1. The van der Waals surface area contributed by atoms with Crippen LogP contribution >= 0.6 is 0 Å². The largest absolute Gasteiger partial charge is 0.454 e. The Balaban J connectivity index is 1.76. The van der Waals surface area contributed by atoms with Crippen molar-refractivity contribution in [2.75, 3.05) is 26.5 Å². The highest BCUT2D eigenvalue weighted by molar-refractivity contribution is 5.78. The molecule has 1 unspecified atom stereocenters. The summed E-state index contributed by atoms with van der Waals surface area (Å²) in [5.41, 5.74) is 6.45. The molecule has 0 saturated carbocycles. The first kappa shape index (κ1) is 16.6. The Morgan fingerprint density at radius 1 is 1.42 bits per heavy atom. The lowest BCUT2D eigenvalue weighted by molar-refractivity contribution is -0.0505. The fourth-order valence-corrected chi connectivity index (χ4v) is 2.59. The van der Waals surface area contributed by atoms with Gasteiger partial charge in [0, 0.05) is 24.7 Å². The van der Waals surface area contributed by atoms with Crippen LogP contribution in [0.5, 0.6) is 17.2 Å². The maximum atomic E-state index is 12.6. The number of nitrogens with zero attached hydrogens (tertiary/aromatic N) is 2. The third-order valence-electron chi connectivity index (χ3n) is 3.75. The van der Waals surface area contributed by atoms with Crippen LogP contribution in [0.15, 0.2) is 17.1 Å². The third-order valence-corrected chi connectivity index (χ3v) is 3.75. The molecule has 3 rings (SSSR count). The highest BCUT2D eigenvalue weighted by Gasteiger charge is 2.21. The molecular formula is C15H19F2N3O4. The summed E-state index contributed by atoms with van der Waals surface area (Å²) >= 11 is 0. The van der Waals surface area contributed by atoms with Gasteiger partial charge in [-0.25, -0.2) is 4.99 Å². The van der Waals surface area contributed by atoms with Crippen molar-refractivity contribution in [3.05, 3.63) is 17.7 Å². The lowest BCUT2D eigenvalue weighted by Gasteiger charge is -2.31. The number of hydrogen-bond acceptors (Lipinski definition) is 5. The van der Waals surface area contributed by atoms with Gasteiger partial charge in [-0.05, 0) is 13.0 Å². The first-order valence-electron chi connectivity index (χ1n) is 7.56. The zero-order valence-electron chi connectivity index (χ0n) is 13.2. The molecule has 2 aliphatic heterocycles. The topological polar surface area (TPSA) is 78.5 Å². The fourth-order valence-electron chi connectivity index (χ4n) is 2.59. The van der Waals surface area contributed by atoms with Gasteiger partial charge < -0.3 is 29.6 Å². The summed E-state index contributed by atoms with van der Waals surface area (Å²) in [5.74, 6) is 1.18. The van der Waals surface area contributed by atoms with E-state index in [1.165, 1.54) is 6.07 Å². The van der Waals surface area contributed by atoms with E-state index in [1.54, 1.807) is 6.07 Å². The average Bonchev–Trinajstić information content (AvgIpc) is 2.99. The standard InChI is InChI=1S/C15H19F2N3O4/c1-9-7-20(2-3-21-9)15(18)19-6-10-4-12-13(23-8-22-12)5-11(10)24-14(16)17/h4-5,9,14H,2-3,6-8H2,1H3,(H2,18,19). The first-order valence-corrected chi connectivity index (χ1v) is 7.56. The van der Waals surface area contributed by atoms with E-state index in [9.17, 15) is 8.78 Å². The van der Waals surface area contributed by atoms with Gasteiger partial charge in [-0.2, -0.15) is 8.78 Å². The number of rotatable bonds is 4. The number of morpholine rings is 1. The van der Waals surface area contributed by atoms with Crippen LogP contribution in [0.2, 0.25) is 0 Å². The van der Waals surface area contributed by atoms with Crippen molar-refractivity contribution in [3.8, 4) is 17.2 Å². The molecular weight excluding hydrogens is 324 g/mol. The summed E-state index contributed by atoms with van der Waals surface area (Å²) in [5, 5.41) is 0. The van der Waals surface area contributed by atoms with E-state index in [4.69, 9.17) is 19.9 Å². The molecule has 1 aromatic carbocycles. The van der Waals surface area contributed by atoms with Crippen molar-refractivity contribution in [2.45, 2.75) is 26.2 Å². The minimum atomic E-state index is -2.94. The SMILES string of the molecule is CC1CN(C(N)=NCc2cc3c(cc2OC(F)F)OCO3)CCO1. The molecule has 0 spiro atoms. The summed E-state index contributed by atoms with van der Waals surface area (Å²) in [6.07, 6.45) is 0.0655. The van der Waals surface area contributed by atoms with Crippen LogP contribution in [0.1, 0.15) is 12.5 Å². The summed E-state index contributed by atoms with van der Waals surface area (Å²) in [4.78, 5) is 6.19. The van der Waals surface area contributed by atoms with Gasteiger partial charge in [-0.1, -0.05) is 0 Å². The van der Waals surface area contributed by atoms with E-state index in [0.29, 0.717) is 42.7 Å². The summed E-state index contributed by atoms with van der Waals surface area (Å²) in [6, 6.07) is 2.96. The molecule has 0 amide bonds. The molecule has 0 bridgehead atoms. The van der Waals surface area contributed by atoms with E-state index in [2.05, 4.69) is 9.73 Å². The van der Waals surface area contributed by atoms with Crippen molar-refractivity contribution < 1.29 is 27.7 Å². The predicted octanol–water partition coefficient (Wildman–Crippen LogP) is 1.55. The Morgan fingerprint density at radius 3 is 2.88 bits per heavy atom. The Labute approximate surface area is 137 Å². The molecule has 0 aromatic heterocycles. The zero-order valence-corrected chi connectivity index (χ0v) is 13.2. The van der Waals surface area contributed by atoms with Crippen LogP contribution in [0.3, 0.4) is 0 Å². The molecule has 2 N–H and O–H groups in total. The highest BCUT2D eigenvalue weighted by atomic mass is 19.3. The number of alkyl halides is 2. The number of aliphatic imine (C=N–C) groups is 1. The van der Waals surface area contributed by atoms with Gasteiger partial charge in [-0.15, -0.1) is 0 Å². The molecule has 7 nitrogen and oxygen atoms in total. The normalized spacial score (nSPS) is 20.6. The van der Waals surface area contributed by atoms with Gasteiger partial charge in [0.15, 0.2) is 17.5 Å². The quantitative estimate of drug-likeness (QED) is 0.660. The Kier molecular flexibility index (Phi) is 4.89. The van der Waals surface area contributed by atoms with Gasteiger partial charge >= 0.3 is 6.61 Å². The van der Waals surface area contributed by atoms with E-state index in [-0.39, 0.29) is 25.2 Å². The van der Waals surface area contributed by atoms with Crippen LogP contribution in [-0.4, -0.2) is 50.1 Å². The fraction of sp³-hybridized carbons (Fsp3) is 0.533. The molecule has 2 aliphatic rings. The Hall–Kier alpha value is -2.29. The monoisotopic (exact) mass is 343 g/mol. The molecule has 0 aliphatic carbocycles. The second-order valence-corrected chi connectivity index (χ2v) is 5.49. The predicted molar refractivity (Wildman–Crippen MR) is 81.5 cm³/mol.